The molecule has 0 unspecified atom stereocenters. The molecule has 0 atom stereocenters. The van der Waals surface area contributed by atoms with Gasteiger partial charge in [-0.15, -0.1) is 0 Å². The van der Waals surface area contributed by atoms with E-state index in [2.05, 4.69) is 10.3 Å². The summed E-state index contributed by atoms with van der Waals surface area (Å²) in [5.41, 5.74) is 0.670. The van der Waals surface area contributed by atoms with Crippen molar-refractivity contribution in [2.24, 2.45) is 0 Å². The minimum atomic E-state index is -0.556. The van der Waals surface area contributed by atoms with Crippen LogP contribution in [0.5, 0.6) is 0 Å². The molecule has 0 aliphatic rings. The number of oxazole rings is 1. The normalized spacial score (nSPS) is 10.7. The van der Waals surface area contributed by atoms with Crippen molar-refractivity contribution in [2.45, 2.75) is 6.54 Å². The van der Waals surface area contributed by atoms with Crippen LogP contribution in [0.4, 0.5) is 8.78 Å². The highest BCUT2D eigenvalue weighted by atomic mass is 19.1. The molecule has 1 aromatic heterocycles. The maximum atomic E-state index is 13.4. The van der Waals surface area contributed by atoms with Crippen molar-refractivity contribution in [3.05, 3.63) is 41.8 Å². The van der Waals surface area contributed by atoms with Crippen molar-refractivity contribution in [1.82, 2.24) is 10.3 Å². The molecular weight excluding hydrogens is 214 g/mol. The summed E-state index contributed by atoms with van der Waals surface area (Å²) in [4.78, 5) is 4.04. The van der Waals surface area contributed by atoms with Crippen molar-refractivity contribution in [3.8, 4) is 11.5 Å². The SMILES string of the molecule is CNCc1coc(-c2cc(F)ccc2F)n1. The molecule has 0 saturated carbocycles. The number of aromatic nitrogens is 1. The lowest BCUT2D eigenvalue weighted by Gasteiger charge is -1.97. The number of hydrogen-bond acceptors (Lipinski definition) is 3. The lowest BCUT2D eigenvalue weighted by Crippen LogP contribution is -2.04. The van der Waals surface area contributed by atoms with Crippen LogP contribution in [-0.4, -0.2) is 12.0 Å². The molecule has 2 rings (SSSR count). The summed E-state index contributed by atoms with van der Waals surface area (Å²) >= 11 is 0. The Kier molecular flexibility index (Phi) is 2.96. The van der Waals surface area contributed by atoms with E-state index in [0.717, 1.165) is 18.2 Å². The summed E-state index contributed by atoms with van der Waals surface area (Å²) in [6, 6.07) is 3.16. The van der Waals surface area contributed by atoms with Crippen LogP contribution >= 0.6 is 0 Å². The van der Waals surface area contributed by atoms with Crippen LogP contribution in [0.3, 0.4) is 0 Å². The van der Waals surface area contributed by atoms with Crippen molar-refractivity contribution in [1.29, 1.82) is 0 Å². The Morgan fingerprint density at radius 1 is 1.38 bits per heavy atom. The molecule has 0 aliphatic heterocycles. The predicted molar refractivity (Wildman–Crippen MR) is 54.6 cm³/mol. The van der Waals surface area contributed by atoms with Crippen LogP contribution in [0.2, 0.25) is 0 Å². The van der Waals surface area contributed by atoms with Gasteiger partial charge in [0.1, 0.15) is 17.9 Å². The Bertz CT molecular complexity index is 496. The third-order valence-corrected chi connectivity index (χ3v) is 2.07. The molecule has 0 radical (unpaired) electrons. The summed E-state index contributed by atoms with van der Waals surface area (Å²) in [6.07, 6.45) is 1.41. The van der Waals surface area contributed by atoms with Crippen LogP contribution < -0.4 is 5.32 Å². The molecule has 0 spiro atoms. The second-order valence-corrected chi connectivity index (χ2v) is 3.30. The largest absolute Gasteiger partial charge is 0.444 e. The van der Waals surface area contributed by atoms with Crippen LogP contribution in [0.25, 0.3) is 11.5 Å². The number of nitrogens with one attached hydrogen (secondary N) is 1. The van der Waals surface area contributed by atoms with Crippen molar-refractivity contribution in [2.75, 3.05) is 7.05 Å². The van der Waals surface area contributed by atoms with E-state index in [1.165, 1.54) is 6.26 Å². The summed E-state index contributed by atoms with van der Waals surface area (Å²) in [6.45, 7) is 0.514. The van der Waals surface area contributed by atoms with Gasteiger partial charge in [0.2, 0.25) is 5.89 Å². The molecule has 1 heterocycles. The van der Waals surface area contributed by atoms with Gasteiger partial charge in [-0.05, 0) is 25.2 Å². The van der Waals surface area contributed by atoms with E-state index in [9.17, 15) is 8.78 Å². The molecule has 0 aliphatic carbocycles. The predicted octanol–water partition coefficient (Wildman–Crippen LogP) is 2.34. The summed E-state index contributed by atoms with van der Waals surface area (Å²) in [5, 5.41) is 2.88. The maximum Gasteiger partial charge on any atom is 0.229 e. The van der Waals surface area contributed by atoms with Gasteiger partial charge < -0.3 is 9.73 Å². The quantitative estimate of drug-likeness (QED) is 0.869. The number of nitrogens with zero attached hydrogens (tertiary/aromatic N) is 1. The Labute approximate surface area is 91.1 Å². The van der Waals surface area contributed by atoms with E-state index < -0.39 is 11.6 Å². The van der Waals surface area contributed by atoms with Gasteiger partial charge in [0.05, 0.1) is 11.3 Å². The average molecular weight is 224 g/mol. The molecule has 16 heavy (non-hydrogen) atoms. The van der Waals surface area contributed by atoms with E-state index >= 15 is 0 Å². The van der Waals surface area contributed by atoms with Gasteiger partial charge in [0.25, 0.3) is 0 Å². The first-order chi connectivity index (χ1) is 7.70. The van der Waals surface area contributed by atoms with E-state index in [0.29, 0.717) is 12.2 Å². The number of hydrogen-bond donors (Lipinski definition) is 1. The molecule has 84 valence electrons. The Morgan fingerprint density at radius 3 is 2.94 bits per heavy atom. The lowest BCUT2D eigenvalue weighted by molar-refractivity contribution is 0.555. The second-order valence-electron chi connectivity index (χ2n) is 3.30. The number of rotatable bonds is 3. The zero-order valence-electron chi connectivity index (χ0n) is 8.63. The van der Waals surface area contributed by atoms with Gasteiger partial charge >= 0.3 is 0 Å². The molecule has 0 bridgehead atoms. The first kappa shape index (κ1) is 10.8. The lowest BCUT2D eigenvalue weighted by atomic mass is 10.2. The Hall–Kier alpha value is -1.75. The molecule has 0 fully saturated rings. The van der Waals surface area contributed by atoms with Crippen molar-refractivity contribution < 1.29 is 13.2 Å². The molecule has 2 aromatic rings. The summed E-state index contributed by atoms with van der Waals surface area (Å²) < 4.78 is 31.4. The van der Waals surface area contributed by atoms with Gasteiger partial charge in [-0.2, -0.15) is 0 Å². The van der Waals surface area contributed by atoms with Crippen LogP contribution in [0.15, 0.2) is 28.9 Å². The fourth-order valence-electron chi connectivity index (χ4n) is 1.35. The number of halogens is 2. The third-order valence-electron chi connectivity index (χ3n) is 2.07. The average Bonchev–Trinajstić information content (AvgIpc) is 2.71. The highest BCUT2D eigenvalue weighted by Gasteiger charge is 2.12. The topological polar surface area (TPSA) is 38.1 Å². The molecule has 1 aromatic carbocycles. The van der Waals surface area contributed by atoms with Gasteiger partial charge in [0.15, 0.2) is 0 Å². The van der Waals surface area contributed by atoms with Gasteiger partial charge in [-0.3, -0.25) is 0 Å². The first-order valence-electron chi connectivity index (χ1n) is 4.75. The van der Waals surface area contributed by atoms with Crippen molar-refractivity contribution >= 4 is 0 Å². The van der Waals surface area contributed by atoms with E-state index in [1.807, 2.05) is 0 Å². The molecular formula is C11H10F2N2O. The number of benzene rings is 1. The van der Waals surface area contributed by atoms with E-state index in [-0.39, 0.29) is 11.5 Å². The zero-order chi connectivity index (χ0) is 11.5. The highest BCUT2D eigenvalue weighted by molar-refractivity contribution is 5.54. The minimum Gasteiger partial charge on any atom is -0.444 e. The maximum absolute atomic E-state index is 13.4. The molecule has 5 heteroatoms. The van der Waals surface area contributed by atoms with Gasteiger partial charge in [-0.1, -0.05) is 0 Å². The fourth-order valence-corrected chi connectivity index (χ4v) is 1.35. The summed E-state index contributed by atoms with van der Waals surface area (Å²) in [5.74, 6) is -0.994. The minimum absolute atomic E-state index is 0.0300. The molecule has 0 saturated heterocycles. The third kappa shape index (κ3) is 2.09. The monoisotopic (exact) mass is 224 g/mol. The van der Waals surface area contributed by atoms with Crippen LogP contribution in [0, 0.1) is 11.6 Å². The zero-order valence-corrected chi connectivity index (χ0v) is 8.63. The molecule has 3 nitrogen and oxygen atoms in total. The van der Waals surface area contributed by atoms with Crippen LogP contribution in [0.1, 0.15) is 5.69 Å². The van der Waals surface area contributed by atoms with Gasteiger partial charge in [0, 0.05) is 6.54 Å². The fraction of sp³-hybridized carbons (Fsp3) is 0.182. The molecule has 1 N–H and O–H groups in total. The smallest absolute Gasteiger partial charge is 0.229 e. The summed E-state index contributed by atoms with van der Waals surface area (Å²) in [7, 11) is 1.76. The Morgan fingerprint density at radius 2 is 2.19 bits per heavy atom. The van der Waals surface area contributed by atoms with Crippen molar-refractivity contribution in [3.63, 3.8) is 0 Å². The highest BCUT2D eigenvalue weighted by Crippen LogP contribution is 2.22. The second kappa shape index (κ2) is 4.40. The standard InChI is InChI=1S/C11H10F2N2O/c1-14-5-8-6-16-11(15-8)9-4-7(12)2-3-10(9)13/h2-4,6,14H,5H2,1H3. The van der Waals surface area contributed by atoms with Crippen LogP contribution in [-0.2, 0) is 6.54 Å². The van der Waals surface area contributed by atoms with Gasteiger partial charge in [-0.25, -0.2) is 13.8 Å². The Balaban J connectivity index is 2.38. The molecule has 0 amide bonds. The van der Waals surface area contributed by atoms with E-state index in [1.54, 1.807) is 7.05 Å². The van der Waals surface area contributed by atoms with E-state index in [4.69, 9.17) is 4.42 Å². The first-order valence-corrected chi connectivity index (χ1v) is 4.75.